The van der Waals surface area contributed by atoms with Crippen molar-refractivity contribution in [2.75, 3.05) is 5.75 Å². The van der Waals surface area contributed by atoms with Crippen LogP contribution < -0.4 is 0 Å². The summed E-state index contributed by atoms with van der Waals surface area (Å²) in [5, 5.41) is 1.04. The average Bonchev–Trinajstić information content (AvgIpc) is 2.32. The Morgan fingerprint density at radius 3 is 2.82 bits per heavy atom. The van der Waals surface area contributed by atoms with E-state index in [1.165, 1.54) is 25.0 Å². The Bertz CT molecular complexity index is 144. The van der Waals surface area contributed by atoms with Crippen LogP contribution in [-0.2, 0) is 0 Å². The van der Waals surface area contributed by atoms with E-state index < -0.39 is 0 Å². The van der Waals surface area contributed by atoms with Crippen molar-refractivity contribution in [2.24, 2.45) is 17.8 Å². The van der Waals surface area contributed by atoms with E-state index in [4.69, 9.17) is 0 Å². The normalized spacial score (nSPS) is 50.7. The maximum atomic E-state index is 2.44. The largest absolute Gasteiger partial charge is 0.158 e. The van der Waals surface area contributed by atoms with Crippen LogP contribution in [0.1, 0.15) is 33.1 Å². The molecule has 1 heteroatoms. The standard InChI is InChI=1S/C10H18S/c1-7-3-4-9-8(2)6-11-10(9)5-7/h7-10H,3-6H2,1-2H3. The summed E-state index contributed by atoms with van der Waals surface area (Å²) >= 11 is 2.24. The van der Waals surface area contributed by atoms with Crippen LogP contribution >= 0.6 is 11.8 Å². The van der Waals surface area contributed by atoms with Crippen molar-refractivity contribution < 1.29 is 0 Å². The van der Waals surface area contributed by atoms with E-state index in [9.17, 15) is 0 Å². The number of rotatable bonds is 0. The molecule has 0 aromatic carbocycles. The Morgan fingerprint density at radius 1 is 1.18 bits per heavy atom. The summed E-state index contributed by atoms with van der Waals surface area (Å²) in [6, 6.07) is 0. The molecular formula is C10H18S. The fourth-order valence-electron chi connectivity index (χ4n) is 2.59. The first-order chi connectivity index (χ1) is 5.27. The topological polar surface area (TPSA) is 0 Å². The molecule has 2 aliphatic rings. The van der Waals surface area contributed by atoms with Gasteiger partial charge in [-0.25, -0.2) is 0 Å². The molecule has 11 heavy (non-hydrogen) atoms. The van der Waals surface area contributed by atoms with Crippen molar-refractivity contribution in [2.45, 2.75) is 38.4 Å². The molecule has 1 aliphatic carbocycles. The van der Waals surface area contributed by atoms with E-state index in [0.29, 0.717) is 0 Å². The van der Waals surface area contributed by atoms with Gasteiger partial charge in [0.25, 0.3) is 0 Å². The minimum Gasteiger partial charge on any atom is -0.158 e. The summed E-state index contributed by atoms with van der Waals surface area (Å²) < 4.78 is 0. The third-order valence-corrected chi connectivity index (χ3v) is 5.10. The molecule has 0 aromatic heterocycles. The zero-order valence-electron chi connectivity index (χ0n) is 7.55. The molecule has 0 aromatic rings. The van der Waals surface area contributed by atoms with Crippen LogP contribution in [0.4, 0.5) is 0 Å². The smallest absolute Gasteiger partial charge is 0.00807 e. The first kappa shape index (κ1) is 7.97. The van der Waals surface area contributed by atoms with Gasteiger partial charge in [-0.2, -0.15) is 11.8 Å². The highest BCUT2D eigenvalue weighted by atomic mass is 32.2. The van der Waals surface area contributed by atoms with Crippen LogP contribution in [0.15, 0.2) is 0 Å². The van der Waals surface area contributed by atoms with Crippen LogP contribution in [0, 0.1) is 17.8 Å². The molecule has 1 aliphatic heterocycles. The van der Waals surface area contributed by atoms with E-state index in [-0.39, 0.29) is 0 Å². The zero-order valence-corrected chi connectivity index (χ0v) is 8.36. The molecule has 0 N–H and O–H groups in total. The fraction of sp³-hybridized carbons (Fsp3) is 1.00. The summed E-state index contributed by atoms with van der Waals surface area (Å²) in [7, 11) is 0. The van der Waals surface area contributed by atoms with Crippen molar-refractivity contribution in [1.82, 2.24) is 0 Å². The molecule has 1 saturated heterocycles. The SMILES string of the molecule is CC1CCC2C(C)CSC2C1. The van der Waals surface area contributed by atoms with Crippen LogP contribution in [0.3, 0.4) is 0 Å². The molecule has 4 atom stereocenters. The quantitative estimate of drug-likeness (QED) is 0.538. The zero-order chi connectivity index (χ0) is 7.84. The van der Waals surface area contributed by atoms with Crippen molar-refractivity contribution >= 4 is 11.8 Å². The van der Waals surface area contributed by atoms with Gasteiger partial charge in [-0.05, 0) is 36.3 Å². The lowest BCUT2D eigenvalue weighted by molar-refractivity contribution is 0.261. The Labute approximate surface area is 74.1 Å². The summed E-state index contributed by atoms with van der Waals surface area (Å²) in [6.07, 6.45) is 4.51. The fourth-order valence-corrected chi connectivity index (χ4v) is 4.51. The molecule has 0 radical (unpaired) electrons. The number of fused-ring (bicyclic) bond motifs is 1. The highest BCUT2D eigenvalue weighted by Gasteiger charge is 2.37. The van der Waals surface area contributed by atoms with Crippen molar-refractivity contribution in [1.29, 1.82) is 0 Å². The molecule has 0 amide bonds. The molecule has 1 heterocycles. The number of hydrogen-bond acceptors (Lipinski definition) is 1. The summed E-state index contributed by atoms with van der Waals surface area (Å²) in [4.78, 5) is 0. The Kier molecular flexibility index (Phi) is 2.18. The highest BCUT2D eigenvalue weighted by Crippen LogP contribution is 2.46. The van der Waals surface area contributed by atoms with Gasteiger partial charge in [0.05, 0.1) is 0 Å². The summed E-state index contributed by atoms with van der Waals surface area (Å²) in [5.74, 6) is 4.53. The van der Waals surface area contributed by atoms with Gasteiger partial charge in [0.15, 0.2) is 0 Å². The third kappa shape index (κ3) is 1.44. The molecule has 2 fully saturated rings. The molecule has 0 nitrogen and oxygen atoms in total. The number of hydrogen-bond donors (Lipinski definition) is 0. The lowest BCUT2D eigenvalue weighted by Gasteiger charge is -2.30. The molecule has 2 rings (SSSR count). The lowest BCUT2D eigenvalue weighted by atomic mass is 9.77. The molecule has 64 valence electrons. The van der Waals surface area contributed by atoms with Crippen LogP contribution in [0.5, 0.6) is 0 Å². The summed E-state index contributed by atoms with van der Waals surface area (Å²) in [6.45, 7) is 4.85. The number of thioether (sulfide) groups is 1. The predicted octanol–water partition coefficient (Wildman–Crippen LogP) is 3.17. The van der Waals surface area contributed by atoms with Crippen molar-refractivity contribution in [3.8, 4) is 0 Å². The van der Waals surface area contributed by atoms with Gasteiger partial charge >= 0.3 is 0 Å². The molecular weight excluding hydrogens is 152 g/mol. The second-order valence-corrected chi connectivity index (χ2v) is 5.70. The maximum absolute atomic E-state index is 2.44. The van der Waals surface area contributed by atoms with Crippen molar-refractivity contribution in [3.05, 3.63) is 0 Å². The van der Waals surface area contributed by atoms with Gasteiger partial charge in [0.1, 0.15) is 0 Å². The van der Waals surface area contributed by atoms with Crippen LogP contribution in [0.25, 0.3) is 0 Å². The Balaban J connectivity index is 2.00. The van der Waals surface area contributed by atoms with Crippen molar-refractivity contribution in [3.63, 3.8) is 0 Å². The minimum atomic E-state index is 1.01. The van der Waals surface area contributed by atoms with E-state index in [2.05, 4.69) is 25.6 Å². The Hall–Kier alpha value is 0.350. The van der Waals surface area contributed by atoms with E-state index in [1.54, 1.807) is 0 Å². The summed E-state index contributed by atoms with van der Waals surface area (Å²) in [5.41, 5.74) is 0. The van der Waals surface area contributed by atoms with E-state index >= 15 is 0 Å². The van der Waals surface area contributed by atoms with Gasteiger partial charge in [-0.15, -0.1) is 0 Å². The van der Waals surface area contributed by atoms with Crippen LogP contribution in [-0.4, -0.2) is 11.0 Å². The highest BCUT2D eigenvalue weighted by molar-refractivity contribution is 8.00. The predicted molar refractivity (Wildman–Crippen MR) is 51.9 cm³/mol. The first-order valence-corrected chi connectivity index (χ1v) is 5.94. The Morgan fingerprint density at radius 2 is 2.00 bits per heavy atom. The second kappa shape index (κ2) is 3.01. The molecule has 1 saturated carbocycles. The maximum Gasteiger partial charge on any atom is 0.00807 e. The molecule has 0 spiro atoms. The average molecular weight is 170 g/mol. The van der Waals surface area contributed by atoms with E-state index in [1.807, 2.05) is 0 Å². The van der Waals surface area contributed by atoms with Gasteiger partial charge in [0.2, 0.25) is 0 Å². The molecule has 4 unspecified atom stereocenters. The van der Waals surface area contributed by atoms with Gasteiger partial charge in [-0.1, -0.05) is 20.3 Å². The lowest BCUT2D eigenvalue weighted by Crippen LogP contribution is -2.25. The first-order valence-electron chi connectivity index (χ1n) is 4.89. The van der Waals surface area contributed by atoms with Gasteiger partial charge in [-0.3, -0.25) is 0 Å². The second-order valence-electron chi connectivity index (χ2n) is 4.43. The minimum absolute atomic E-state index is 1.01. The molecule has 0 bridgehead atoms. The van der Waals surface area contributed by atoms with Gasteiger partial charge in [0, 0.05) is 5.25 Å². The van der Waals surface area contributed by atoms with Crippen LogP contribution in [0.2, 0.25) is 0 Å². The van der Waals surface area contributed by atoms with Gasteiger partial charge < -0.3 is 0 Å². The monoisotopic (exact) mass is 170 g/mol. The third-order valence-electron chi connectivity index (χ3n) is 3.41. The van der Waals surface area contributed by atoms with E-state index in [0.717, 1.165) is 23.0 Å².